The molecule has 1 aromatic carbocycles. The van der Waals surface area contributed by atoms with E-state index in [0.717, 1.165) is 27.5 Å². The number of aryl methyl sites for hydroxylation is 2. The Bertz CT molecular complexity index is 784. The molecule has 0 radical (unpaired) electrons. The average molecular weight is 286 g/mol. The number of hydrogen-bond acceptors (Lipinski definition) is 3. The van der Waals surface area contributed by atoms with E-state index in [0.29, 0.717) is 0 Å². The van der Waals surface area contributed by atoms with Gasteiger partial charge >= 0.3 is 5.97 Å². The van der Waals surface area contributed by atoms with Crippen LogP contribution in [0.4, 0.5) is 0 Å². The molecule has 0 saturated carbocycles. The molecule has 0 atom stereocenters. The lowest BCUT2D eigenvalue weighted by Gasteiger charge is -2.03. The zero-order valence-corrected chi connectivity index (χ0v) is 12.1. The number of benzene rings is 1. The van der Waals surface area contributed by atoms with Gasteiger partial charge in [0, 0.05) is 11.1 Å². The fourth-order valence-electron chi connectivity index (χ4n) is 2.29. The fraction of sp³-hybridized carbons (Fsp3) is 0.200. The number of hydrogen-bond donors (Lipinski definition) is 1. The van der Waals surface area contributed by atoms with Crippen molar-refractivity contribution >= 4 is 22.3 Å². The predicted octanol–water partition coefficient (Wildman–Crippen LogP) is 3.63. The molecule has 0 bridgehead atoms. The van der Waals surface area contributed by atoms with Crippen molar-refractivity contribution in [1.82, 2.24) is 9.38 Å². The van der Waals surface area contributed by atoms with Gasteiger partial charge in [-0.05, 0) is 24.5 Å². The molecule has 3 rings (SSSR count). The van der Waals surface area contributed by atoms with Gasteiger partial charge in [-0.2, -0.15) is 0 Å². The number of imidazole rings is 1. The summed E-state index contributed by atoms with van der Waals surface area (Å²) in [5, 5.41) is 9.03. The van der Waals surface area contributed by atoms with Crippen molar-refractivity contribution in [2.24, 2.45) is 0 Å². The molecule has 5 heteroatoms. The van der Waals surface area contributed by atoms with Gasteiger partial charge < -0.3 is 5.11 Å². The molecule has 2 aromatic heterocycles. The molecule has 2 heterocycles. The van der Waals surface area contributed by atoms with Gasteiger partial charge in [-0.1, -0.05) is 31.2 Å². The molecular formula is C15H14N2O2S. The number of carbonyl (C=O) groups is 1. The highest BCUT2D eigenvalue weighted by atomic mass is 32.1. The number of rotatable bonds is 3. The highest BCUT2D eigenvalue weighted by Gasteiger charge is 2.16. The molecule has 0 aliphatic carbocycles. The number of nitrogens with zero attached hydrogens (tertiary/aromatic N) is 2. The molecule has 0 aliphatic heterocycles. The van der Waals surface area contributed by atoms with E-state index in [9.17, 15) is 4.79 Å². The summed E-state index contributed by atoms with van der Waals surface area (Å²) in [7, 11) is 0. The zero-order valence-electron chi connectivity index (χ0n) is 11.3. The molecule has 3 aromatic rings. The summed E-state index contributed by atoms with van der Waals surface area (Å²) in [4.78, 5) is 17.0. The van der Waals surface area contributed by atoms with Gasteiger partial charge in [-0.15, -0.1) is 11.3 Å². The third-order valence-electron chi connectivity index (χ3n) is 3.35. The summed E-state index contributed by atoms with van der Waals surface area (Å²) in [6, 6.07) is 8.36. The van der Waals surface area contributed by atoms with Crippen LogP contribution in [0, 0.1) is 6.92 Å². The van der Waals surface area contributed by atoms with Crippen LogP contribution in [-0.2, 0) is 6.42 Å². The first-order chi connectivity index (χ1) is 9.60. The first-order valence-electron chi connectivity index (χ1n) is 6.41. The van der Waals surface area contributed by atoms with Crippen LogP contribution in [0.5, 0.6) is 0 Å². The summed E-state index contributed by atoms with van der Waals surface area (Å²) < 4.78 is 1.87. The Morgan fingerprint density at radius 1 is 1.35 bits per heavy atom. The minimum atomic E-state index is -0.995. The highest BCUT2D eigenvalue weighted by molar-refractivity contribution is 7.17. The van der Waals surface area contributed by atoms with Crippen molar-refractivity contribution in [2.45, 2.75) is 20.3 Å². The predicted molar refractivity (Wildman–Crippen MR) is 79.6 cm³/mol. The molecular weight excluding hydrogens is 272 g/mol. The summed E-state index contributed by atoms with van der Waals surface area (Å²) in [6.07, 6.45) is 2.59. The lowest BCUT2D eigenvalue weighted by Crippen LogP contribution is -1.95. The van der Waals surface area contributed by atoms with Crippen LogP contribution >= 0.6 is 11.3 Å². The van der Waals surface area contributed by atoms with E-state index < -0.39 is 5.97 Å². The number of aromatic carboxylic acids is 1. The van der Waals surface area contributed by atoms with Gasteiger partial charge in [0.1, 0.15) is 0 Å². The van der Waals surface area contributed by atoms with E-state index in [4.69, 9.17) is 5.11 Å². The molecule has 0 aliphatic rings. The van der Waals surface area contributed by atoms with Crippen molar-refractivity contribution in [3.05, 3.63) is 46.6 Å². The number of aromatic nitrogens is 2. The Labute approximate surface area is 120 Å². The molecule has 0 amide bonds. The molecule has 4 nitrogen and oxygen atoms in total. The monoisotopic (exact) mass is 286 g/mol. The number of carboxylic acid groups (broad SMARTS) is 1. The lowest BCUT2D eigenvalue weighted by atomic mass is 10.1. The van der Waals surface area contributed by atoms with Gasteiger partial charge in [-0.3, -0.25) is 4.40 Å². The number of carboxylic acids is 1. The molecule has 0 unspecified atom stereocenters. The van der Waals surface area contributed by atoms with Gasteiger partial charge in [0.15, 0.2) is 10.7 Å². The quantitative estimate of drug-likeness (QED) is 0.800. The van der Waals surface area contributed by atoms with E-state index in [1.54, 1.807) is 6.20 Å². The fourth-order valence-corrected chi connectivity index (χ4v) is 3.27. The number of fused-ring (bicyclic) bond motifs is 1. The minimum Gasteiger partial charge on any atom is -0.476 e. The summed E-state index contributed by atoms with van der Waals surface area (Å²) in [6.45, 7) is 4.15. The lowest BCUT2D eigenvalue weighted by molar-refractivity contribution is 0.0691. The van der Waals surface area contributed by atoms with E-state index in [-0.39, 0.29) is 5.69 Å². The van der Waals surface area contributed by atoms with Crippen LogP contribution in [0.15, 0.2) is 30.5 Å². The second-order valence-corrected chi connectivity index (χ2v) is 5.82. The van der Waals surface area contributed by atoms with Crippen molar-refractivity contribution < 1.29 is 9.90 Å². The molecule has 1 N–H and O–H groups in total. The van der Waals surface area contributed by atoms with E-state index in [2.05, 4.69) is 36.2 Å². The largest absolute Gasteiger partial charge is 0.476 e. The Balaban J connectivity index is 2.17. The second-order valence-electron chi connectivity index (χ2n) is 4.64. The van der Waals surface area contributed by atoms with Crippen molar-refractivity contribution in [2.75, 3.05) is 0 Å². The summed E-state index contributed by atoms with van der Waals surface area (Å²) in [5.41, 5.74) is 3.48. The molecule has 0 fully saturated rings. The van der Waals surface area contributed by atoms with E-state index in [1.165, 1.54) is 16.9 Å². The first kappa shape index (κ1) is 12.9. The maximum Gasteiger partial charge on any atom is 0.356 e. The maximum atomic E-state index is 11.0. The van der Waals surface area contributed by atoms with Crippen LogP contribution < -0.4 is 0 Å². The summed E-state index contributed by atoms with van der Waals surface area (Å²) in [5.74, 6) is -0.995. The minimum absolute atomic E-state index is 0.0858. The van der Waals surface area contributed by atoms with Crippen LogP contribution in [0.25, 0.3) is 16.2 Å². The van der Waals surface area contributed by atoms with Crippen LogP contribution in [0.3, 0.4) is 0 Å². The second kappa shape index (κ2) is 4.76. The van der Waals surface area contributed by atoms with E-state index >= 15 is 0 Å². The van der Waals surface area contributed by atoms with Crippen LogP contribution in [0.2, 0.25) is 0 Å². The summed E-state index contributed by atoms with van der Waals surface area (Å²) >= 11 is 1.51. The van der Waals surface area contributed by atoms with Crippen molar-refractivity contribution in [1.29, 1.82) is 0 Å². The van der Waals surface area contributed by atoms with Gasteiger partial charge in [0.05, 0.1) is 5.69 Å². The smallest absolute Gasteiger partial charge is 0.356 e. The molecule has 20 heavy (non-hydrogen) atoms. The van der Waals surface area contributed by atoms with Gasteiger partial charge in [-0.25, -0.2) is 9.78 Å². The van der Waals surface area contributed by atoms with Crippen molar-refractivity contribution in [3.63, 3.8) is 0 Å². The molecule has 102 valence electrons. The Kier molecular flexibility index (Phi) is 3.06. The average Bonchev–Trinajstić information content (AvgIpc) is 2.95. The Morgan fingerprint density at radius 2 is 2.05 bits per heavy atom. The third kappa shape index (κ3) is 2.00. The SMILES string of the molecule is CCc1ccc(-c2c(C)sc3nc(C(=O)O)cn23)cc1. The molecule has 0 spiro atoms. The van der Waals surface area contributed by atoms with Gasteiger partial charge in [0.25, 0.3) is 0 Å². The first-order valence-corrected chi connectivity index (χ1v) is 7.23. The van der Waals surface area contributed by atoms with Crippen LogP contribution in [-0.4, -0.2) is 20.5 Å². The third-order valence-corrected chi connectivity index (χ3v) is 4.32. The standard InChI is InChI=1S/C15H14N2O2S/c1-3-10-4-6-11(7-5-10)13-9(2)20-15-16-12(14(18)19)8-17(13)15/h4-8H,3H2,1-2H3,(H,18,19). The zero-order chi connectivity index (χ0) is 14.3. The topological polar surface area (TPSA) is 54.6 Å². The highest BCUT2D eigenvalue weighted by Crippen LogP contribution is 2.31. The Morgan fingerprint density at radius 3 is 2.65 bits per heavy atom. The van der Waals surface area contributed by atoms with Gasteiger partial charge in [0.2, 0.25) is 0 Å². The normalized spacial score (nSPS) is 11.1. The molecule has 0 saturated heterocycles. The Hall–Kier alpha value is -2.14. The van der Waals surface area contributed by atoms with Crippen molar-refractivity contribution in [3.8, 4) is 11.3 Å². The maximum absolute atomic E-state index is 11.0. The van der Waals surface area contributed by atoms with E-state index in [1.807, 2.05) is 11.3 Å². The van der Waals surface area contributed by atoms with Crippen LogP contribution in [0.1, 0.15) is 27.9 Å². The number of thiazole rings is 1.